The molecule has 0 aliphatic carbocycles. The monoisotopic (exact) mass is 291 g/mol. The number of ether oxygens (including phenoxy) is 1. The molecule has 2 heterocycles. The molecule has 1 aromatic heterocycles. The largest absolute Gasteiger partial charge is 0.485 e. The van der Waals surface area contributed by atoms with E-state index < -0.39 is 11.8 Å². The predicted molar refractivity (Wildman–Crippen MR) is 70.7 cm³/mol. The SMILES string of the molecule is O=C(O)c1cc(F)ccc1OCc1nnc2n1CCCC2. The standard InChI is InChI=1S/C14H14FN3O3/c15-9-4-5-11(10(7-9)14(19)20)21-8-13-17-16-12-3-1-2-6-18(12)13/h4-5,7H,1-3,6,8H2,(H,19,20). The highest BCUT2D eigenvalue weighted by atomic mass is 19.1. The van der Waals surface area contributed by atoms with E-state index in [1.165, 1.54) is 12.1 Å². The average Bonchev–Trinajstić information content (AvgIpc) is 2.89. The van der Waals surface area contributed by atoms with Crippen molar-refractivity contribution in [2.45, 2.75) is 32.4 Å². The van der Waals surface area contributed by atoms with Gasteiger partial charge in [0, 0.05) is 13.0 Å². The summed E-state index contributed by atoms with van der Waals surface area (Å²) in [7, 11) is 0. The van der Waals surface area contributed by atoms with Crippen LogP contribution in [0.4, 0.5) is 4.39 Å². The molecule has 1 aliphatic rings. The topological polar surface area (TPSA) is 77.2 Å². The minimum absolute atomic E-state index is 0.110. The van der Waals surface area contributed by atoms with Gasteiger partial charge in [-0.25, -0.2) is 9.18 Å². The molecule has 0 unspecified atom stereocenters. The molecule has 1 aromatic carbocycles. The molecule has 6 nitrogen and oxygen atoms in total. The lowest BCUT2D eigenvalue weighted by Gasteiger charge is -2.15. The first-order valence-electron chi connectivity index (χ1n) is 6.72. The van der Waals surface area contributed by atoms with Crippen molar-refractivity contribution in [3.8, 4) is 5.75 Å². The highest BCUT2D eigenvalue weighted by Gasteiger charge is 2.17. The van der Waals surface area contributed by atoms with Crippen LogP contribution in [0, 0.1) is 5.82 Å². The lowest BCUT2D eigenvalue weighted by Crippen LogP contribution is -2.15. The van der Waals surface area contributed by atoms with Crippen LogP contribution in [0.25, 0.3) is 0 Å². The van der Waals surface area contributed by atoms with E-state index in [-0.39, 0.29) is 17.9 Å². The molecule has 1 N–H and O–H groups in total. The van der Waals surface area contributed by atoms with Crippen molar-refractivity contribution in [3.05, 3.63) is 41.2 Å². The molecule has 110 valence electrons. The number of halogens is 1. The summed E-state index contributed by atoms with van der Waals surface area (Å²) in [5.74, 6) is -0.132. The van der Waals surface area contributed by atoms with Gasteiger partial charge >= 0.3 is 5.97 Å². The Bertz CT molecular complexity index is 684. The van der Waals surface area contributed by atoms with Crippen LogP contribution in [0.15, 0.2) is 18.2 Å². The van der Waals surface area contributed by atoms with Crippen molar-refractivity contribution >= 4 is 5.97 Å². The van der Waals surface area contributed by atoms with Crippen molar-refractivity contribution in [2.75, 3.05) is 0 Å². The summed E-state index contributed by atoms with van der Waals surface area (Å²) in [5, 5.41) is 17.2. The highest BCUT2D eigenvalue weighted by molar-refractivity contribution is 5.90. The molecule has 0 spiro atoms. The van der Waals surface area contributed by atoms with Crippen LogP contribution in [0.3, 0.4) is 0 Å². The van der Waals surface area contributed by atoms with E-state index >= 15 is 0 Å². The molecule has 0 atom stereocenters. The first-order valence-corrected chi connectivity index (χ1v) is 6.72. The Morgan fingerprint density at radius 1 is 1.38 bits per heavy atom. The summed E-state index contributed by atoms with van der Waals surface area (Å²) in [5.41, 5.74) is -0.201. The minimum atomic E-state index is -1.23. The zero-order valence-corrected chi connectivity index (χ0v) is 11.3. The summed E-state index contributed by atoms with van der Waals surface area (Å²) in [6.45, 7) is 0.954. The van der Waals surface area contributed by atoms with Gasteiger partial charge in [-0.1, -0.05) is 0 Å². The molecule has 0 bridgehead atoms. The number of hydrogen-bond donors (Lipinski definition) is 1. The Kier molecular flexibility index (Phi) is 3.55. The number of aromatic carboxylic acids is 1. The molecule has 7 heteroatoms. The number of carboxylic acids is 1. The van der Waals surface area contributed by atoms with Crippen LogP contribution in [-0.2, 0) is 19.6 Å². The van der Waals surface area contributed by atoms with Gasteiger partial charge in [0.05, 0.1) is 0 Å². The maximum Gasteiger partial charge on any atom is 0.339 e. The first kappa shape index (κ1) is 13.5. The average molecular weight is 291 g/mol. The summed E-state index contributed by atoms with van der Waals surface area (Å²) >= 11 is 0. The zero-order valence-electron chi connectivity index (χ0n) is 11.3. The third kappa shape index (κ3) is 2.72. The smallest absolute Gasteiger partial charge is 0.339 e. The van der Waals surface area contributed by atoms with E-state index in [2.05, 4.69) is 10.2 Å². The van der Waals surface area contributed by atoms with Gasteiger partial charge in [0.2, 0.25) is 0 Å². The maximum atomic E-state index is 13.1. The van der Waals surface area contributed by atoms with Gasteiger partial charge in [-0.05, 0) is 31.0 Å². The summed E-state index contributed by atoms with van der Waals surface area (Å²) in [6, 6.07) is 3.42. The number of hydrogen-bond acceptors (Lipinski definition) is 4. The second kappa shape index (κ2) is 5.51. The van der Waals surface area contributed by atoms with E-state index in [0.717, 1.165) is 37.7 Å². The Labute approximate surface area is 120 Å². The summed E-state index contributed by atoms with van der Waals surface area (Å²) < 4.78 is 20.6. The minimum Gasteiger partial charge on any atom is -0.485 e. The van der Waals surface area contributed by atoms with Gasteiger partial charge in [-0.3, -0.25) is 0 Å². The van der Waals surface area contributed by atoms with E-state index in [4.69, 9.17) is 9.84 Å². The quantitative estimate of drug-likeness (QED) is 0.932. The van der Waals surface area contributed by atoms with Gasteiger partial charge in [-0.2, -0.15) is 0 Å². The molecule has 0 fully saturated rings. The molecule has 0 saturated heterocycles. The van der Waals surface area contributed by atoms with Crippen LogP contribution in [0.2, 0.25) is 0 Å². The number of aryl methyl sites for hydroxylation is 1. The molecule has 0 amide bonds. The number of benzene rings is 1. The van der Waals surface area contributed by atoms with Crippen LogP contribution >= 0.6 is 0 Å². The van der Waals surface area contributed by atoms with Crippen LogP contribution in [0.5, 0.6) is 5.75 Å². The van der Waals surface area contributed by atoms with Crippen LogP contribution < -0.4 is 4.74 Å². The molecule has 3 rings (SSSR count). The number of nitrogens with zero attached hydrogens (tertiary/aromatic N) is 3. The van der Waals surface area contributed by atoms with E-state index in [1.807, 2.05) is 4.57 Å². The van der Waals surface area contributed by atoms with Crippen molar-refractivity contribution < 1.29 is 19.0 Å². The molecular weight excluding hydrogens is 277 g/mol. The summed E-state index contributed by atoms with van der Waals surface area (Å²) in [6.07, 6.45) is 3.05. The Hall–Kier alpha value is -2.44. The van der Waals surface area contributed by atoms with Crippen molar-refractivity contribution in [3.63, 3.8) is 0 Å². The third-order valence-corrected chi connectivity index (χ3v) is 3.46. The lowest BCUT2D eigenvalue weighted by molar-refractivity contribution is 0.0691. The Balaban J connectivity index is 1.79. The zero-order chi connectivity index (χ0) is 14.8. The molecule has 0 saturated carbocycles. The number of rotatable bonds is 4. The fourth-order valence-corrected chi connectivity index (χ4v) is 2.41. The molecule has 2 aromatic rings. The Morgan fingerprint density at radius 3 is 3.05 bits per heavy atom. The van der Waals surface area contributed by atoms with Gasteiger partial charge in [0.15, 0.2) is 5.82 Å². The normalized spacial score (nSPS) is 13.8. The van der Waals surface area contributed by atoms with E-state index in [0.29, 0.717) is 5.82 Å². The second-order valence-electron chi connectivity index (χ2n) is 4.88. The Morgan fingerprint density at radius 2 is 2.24 bits per heavy atom. The molecule has 1 aliphatic heterocycles. The van der Waals surface area contributed by atoms with Gasteiger partial charge < -0.3 is 14.4 Å². The van der Waals surface area contributed by atoms with E-state index in [9.17, 15) is 9.18 Å². The lowest BCUT2D eigenvalue weighted by atomic mass is 10.2. The second-order valence-corrected chi connectivity index (χ2v) is 4.88. The number of carboxylic acid groups (broad SMARTS) is 1. The highest BCUT2D eigenvalue weighted by Crippen LogP contribution is 2.21. The fraction of sp³-hybridized carbons (Fsp3) is 0.357. The summed E-state index contributed by atoms with van der Waals surface area (Å²) in [4.78, 5) is 11.1. The van der Waals surface area contributed by atoms with Gasteiger partial charge in [-0.15, -0.1) is 10.2 Å². The van der Waals surface area contributed by atoms with Crippen molar-refractivity contribution in [1.29, 1.82) is 0 Å². The van der Waals surface area contributed by atoms with E-state index in [1.54, 1.807) is 0 Å². The van der Waals surface area contributed by atoms with Gasteiger partial charge in [0.25, 0.3) is 0 Å². The van der Waals surface area contributed by atoms with Gasteiger partial charge in [0.1, 0.15) is 29.6 Å². The van der Waals surface area contributed by atoms with Crippen molar-refractivity contribution in [2.24, 2.45) is 0 Å². The number of fused-ring (bicyclic) bond motifs is 1. The molecule has 0 radical (unpaired) electrons. The predicted octanol–water partition coefficient (Wildman–Crippen LogP) is 2.03. The van der Waals surface area contributed by atoms with Crippen molar-refractivity contribution in [1.82, 2.24) is 14.8 Å². The molecule has 21 heavy (non-hydrogen) atoms. The fourth-order valence-electron chi connectivity index (χ4n) is 2.41. The molecular formula is C14H14FN3O3. The number of carbonyl (C=O) groups is 1. The first-order chi connectivity index (χ1) is 10.1. The maximum absolute atomic E-state index is 13.1. The van der Waals surface area contributed by atoms with Crippen LogP contribution in [-0.4, -0.2) is 25.8 Å². The third-order valence-electron chi connectivity index (χ3n) is 3.46. The number of aromatic nitrogens is 3. The van der Waals surface area contributed by atoms with Crippen LogP contribution in [0.1, 0.15) is 34.8 Å².